The van der Waals surface area contributed by atoms with Crippen LogP contribution in [-0.4, -0.2) is 18.2 Å². The summed E-state index contributed by atoms with van der Waals surface area (Å²) in [5.74, 6) is -0.0107. The molecule has 0 bridgehead atoms. The van der Waals surface area contributed by atoms with Crippen molar-refractivity contribution in [3.63, 3.8) is 0 Å². The van der Waals surface area contributed by atoms with Gasteiger partial charge in [0, 0.05) is 0 Å². The summed E-state index contributed by atoms with van der Waals surface area (Å²) in [6, 6.07) is 13.4. The van der Waals surface area contributed by atoms with E-state index in [4.69, 9.17) is 4.74 Å². The smallest absolute Gasteiger partial charge is 0.313 e. The lowest BCUT2D eigenvalue weighted by Crippen LogP contribution is -2.19. The number of methoxy groups -OCH3 is 1. The Labute approximate surface area is 124 Å². The number of hydrogen-bond acceptors (Lipinski definition) is 3. The maximum absolute atomic E-state index is 11.9. The third kappa shape index (κ3) is 2.64. The number of hydrogen-bond donors (Lipinski definition) is 1. The van der Waals surface area contributed by atoms with Gasteiger partial charge in [0.25, 0.3) is 0 Å². The van der Waals surface area contributed by atoms with E-state index in [2.05, 4.69) is 6.07 Å². The number of carbonyl (C=O) groups excluding carboxylic acids is 1. The Morgan fingerprint density at radius 3 is 2.57 bits per heavy atom. The molecule has 0 radical (unpaired) electrons. The second-order valence-electron chi connectivity index (χ2n) is 5.43. The molecule has 0 fully saturated rings. The topological polar surface area (TPSA) is 46.5 Å². The van der Waals surface area contributed by atoms with Gasteiger partial charge in [0.2, 0.25) is 0 Å². The van der Waals surface area contributed by atoms with Gasteiger partial charge in [-0.1, -0.05) is 30.3 Å². The standard InChI is InChI=1S/C18H18O3/c1-21-18(20)17-4-2-3-14-11-13(7-10-16(14)17)12-5-8-15(19)9-6-12/h5-11,17,19H,2-4H2,1H3. The predicted molar refractivity (Wildman–Crippen MR) is 81.2 cm³/mol. The van der Waals surface area contributed by atoms with Gasteiger partial charge < -0.3 is 9.84 Å². The Balaban J connectivity index is 1.98. The molecule has 1 aliphatic carbocycles. The molecule has 1 aliphatic rings. The normalized spacial score (nSPS) is 17.1. The van der Waals surface area contributed by atoms with Gasteiger partial charge in [0.1, 0.15) is 5.75 Å². The summed E-state index contributed by atoms with van der Waals surface area (Å²) in [5.41, 5.74) is 4.49. The monoisotopic (exact) mass is 282 g/mol. The van der Waals surface area contributed by atoms with Crippen molar-refractivity contribution in [1.29, 1.82) is 0 Å². The average molecular weight is 282 g/mol. The van der Waals surface area contributed by atoms with Crippen LogP contribution in [0, 0.1) is 0 Å². The van der Waals surface area contributed by atoms with Gasteiger partial charge in [-0.25, -0.2) is 0 Å². The molecule has 1 unspecified atom stereocenters. The van der Waals surface area contributed by atoms with E-state index < -0.39 is 0 Å². The molecule has 1 N–H and O–H groups in total. The van der Waals surface area contributed by atoms with Crippen LogP contribution in [-0.2, 0) is 16.0 Å². The molecule has 0 spiro atoms. The number of esters is 1. The minimum atomic E-state index is -0.145. The molecular weight excluding hydrogens is 264 g/mol. The second kappa shape index (κ2) is 5.60. The lowest BCUT2D eigenvalue weighted by atomic mass is 9.81. The minimum Gasteiger partial charge on any atom is -0.508 e. The number of benzene rings is 2. The summed E-state index contributed by atoms with van der Waals surface area (Å²) in [7, 11) is 1.45. The fourth-order valence-corrected chi connectivity index (χ4v) is 3.03. The number of carbonyl (C=O) groups is 1. The molecule has 21 heavy (non-hydrogen) atoms. The molecule has 108 valence electrons. The first-order chi connectivity index (χ1) is 10.2. The Hall–Kier alpha value is -2.29. The number of ether oxygens (including phenoxy) is 1. The summed E-state index contributed by atoms with van der Waals surface area (Å²) in [4.78, 5) is 11.9. The number of aryl methyl sites for hydroxylation is 1. The lowest BCUT2D eigenvalue weighted by molar-refractivity contribution is -0.142. The average Bonchev–Trinajstić information content (AvgIpc) is 2.53. The molecule has 2 aromatic carbocycles. The van der Waals surface area contributed by atoms with Crippen molar-refractivity contribution in [3.8, 4) is 16.9 Å². The van der Waals surface area contributed by atoms with Crippen LogP contribution in [0.3, 0.4) is 0 Å². The lowest BCUT2D eigenvalue weighted by Gasteiger charge is -2.24. The second-order valence-corrected chi connectivity index (χ2v) is 5.43. The van der Waals surface area contributed by atoms with Crippen molar-refractivity contribution in [2.75, 3.05) is 7.11 Å². The number of phenols is 1. The van der Waals surface area contributed by atoms with Gasteiger partial charge in [-0.3, -0.25) is 4.79 Å². The third-order valence-electron chi connectivity index (χ3n) is 4.14. The molecule has 0 heterocycles. The van der Waals surface area contributed by atoms with E-state index in [1.165, 1.54) is 12.7 Å². The molecule has 2 aromatic rings. The Morgan fingerprint density at radius 2 is 1.86 bits per heavy atom. The zero-order valence-electron chi connectivity index (χ0n) is 12.0. The fraction of sp³-hybridized carbons (Fsp3) is 0.278. The molecular formula is C18H18O3. The molecule has 0 amide bonds. The third-order valence-corrected chi connectivity index (χ3v) is 4.14. The van der Waals surface area contributed by atoms with Crippen molar-refractivity contribution in [1.82, 2.24) is 0 Å². The molecule has 0 saturated heterocycles. The van der Waals surface area contributed by atoms with E-state index in [0.29, 0.717) is 0 Å². The molecule has 0 aliphatic heterocycles. The van der Waals surface area contributed by atoms with E-state index >= 15 is 0 Å². The van der Waals surface area contributed by atoms with Crippen molar-refractivity contribution in [3.05, 3.63) is 53.6 Å². The molecule has 3 rings (SSSR count). The maximum Gasteiger partial charge on any atom is 0.313 e. The quantitative estimate of drug-likeness (QED) is 0.855. The van der Waals surface area contributed by atoms with Crippen LogP contribution < -0.4 is 0 Å². The van der Waals surface area contributed by atoms with Crippen LogP contribution in [0.15, 0.2) is 42.5 Å². The van der Waals surface area contributed by atoms with Crippen molar-refractivity contribution >= 4 is 5.97 Å². The fourth-order valence-electron chi connectivity index (χ4n) is 3.03. The Morgan fingerprint density at radius 1 is 1.14 bits per heavy atom. The van der Waals surface area contributed by atoms with Gasteiger partial charge in [0.15, 0.2) is 0 Å². The van der Waals surface area contributed by atoms with Crippen LogP contribution in [0.25, 0.3) is 11.1 Å². The van der Waals surface area contributed by atoms with Crippen LogP contribution in [0.1, 0.15) is 29.9 Å². The summed E-state index contributed by atoms with van der Waals surface area (Å²) in [6.45, 7) is 0. The Kier molecular flexibility index (Phi) is 3.65. The minimum absolute atomic E-state index is 0.132. The zero-order valence-corrected chi connectivity index (χ0v) is 12.0. The van der Waals surface area contributed by atoms with Gasteiger partial charge in [-0.05, 0) is 53.6 Å². The van der Waals surface area contributed by atoms with E-state index in [0.717, 1.165) is 36.0 Å². The van der Waals surface area contributed by atoms with Crippen LogP contribution in [0.5, 0.6) is 5.75 Å². The number of fused-ring (bicyclic) bond motifs is 1. The van der Waals surface area contributed by atoms with Crippen LogP contribution >= 0.6 is 0 Å². The zero-order chi connectivity index (χ0) is 14.8. The first kappa shape index (κ1) is 13.7. The highest BCUT2D eigenvalue weighted by Gasteiger charge is 2.27. The predicted octanol–water partition coefficient (Wildman–Crippen LogP) is 3.65. The van der Waals surface area contributed by atoms with E-state index in [1.54, 1.807) is 12.1 Å². The van der Waals surface area contributed by atoms with Crippen LogP contribution in [0.4, 0.5) is 0 Å². The summed E-state index contributed by atoms with van der Waals surface area (Å²) < 4.78 is 4.91. The molecule has 0 saturated carbocycles. The van der Waals surface area contributed by atoms with Gasteiger partial charge in [-0.2, -0.15) is 0 Å². The molecule has 1 atom stereocenters. The SMILES string of the molecule is COC(=O)C1CCCc2cc(-c3ccc(O)cc3)ccc21. The van der Waals surface area contributed by atoms with E-state index in [1.807, 2.05) is 24.3 Å². The maximum atomic E-state index is 11.9. The summed E-state index contributed by atoms with van der Waals surface area (Å²) >= 11 is 0. The Bertz CT molecular complexity index is 659. The largest absolute Gasteiger partial charge is 0.508 e. The summed E-state index contributed by atoms with van der Waals surface area (Å²) in [5, 5.41) is 9.37. The van der Waals surface area contributed by atoms with Gasteiger partial charge in [-0.15, -0.1) is 0 Å². The van der Waals surface area contributed by atoms with E-state index in [9.17, 15) is 9.90 Å². The first-order valence-corrected chi connectivity index (χ1v) is 7.19. The molecule has 0 aromatic heterocycles. The molecule has 3 nitrogen and oxygen atoms in total. The van der Waals surface area contributed by atoms with Crippen LogP contribution in [0.2, 0.25) is 0 Å². The number of aromatic hydroxyl groups is 1. The van der Waals surface area contributed by atoms with Crippen molar-refractivity contribution < 1.29 is 14.6 Å². The highest BCUT2D eigenvalue weighted by Crippen LogP contribution is 2.35. The van der Waals surface area contributed by atoms with Gasteiger partial charge >= 0.3 is 5.97 Å². The van der Waals surface area contributed by atoms with Crippen molar-refractivity contribution in [2.45, 2.75) is 25.2 Å². The number of rotatable bonds is 2. The first-order valence-electron chi connectivity index (χ1n) is 7.19. The van der Waals surface area contributed by atoms with E-state index in [-0.39, 0.29) is 17.6 Å². The highest BCUT2D eigenvalue weighted by atomic mass is 16.5. The highest BCUT2D eigenvalue weighted by molar-refractivity contribution is 5.79. The van der Waals surface area contributed by atoms with Crippen molar-refractivity contribution in [2.24, 2.45) is 0 Å². The van der Waals surface area contributed by atoms with Gasteiger partial charge in [0.05, 0.1) is 13.0 Å². The molecule has 3 heteroatoms. The number of phenolic OH excluding ortho intramolecular Hbond substituents is 1. The summed E-state index contributed by atoms with van der Waals surface area (Å²) in [6.07, 6.45) is 2.86.